The third kappa shape index (κ3) is 1.65. The normalized spacial score (nSPS) is 9.92. The van der Waals surface area contributed by atoms with Gasteiger partial charge >= 0.3 is 0 Å². The molecule has 0 aliphatic carbocycles. The van der Waals surface area contributed by atoms with Crippen molar-refractivity contribution in [2.75, 3.05) is 0 Å². The van der Waals surface area contributed by atoms with E-state index in [1.165, 1.54) is 6.07 Å². The number of halogens is 1. The second kappa shape index (κ2) is 3.40. The summed E-state index contributed by atoms with van der Waals surface area (Å²) in [7, 11) is 0. The summed E-state index contributed by atoms with van der Waals surface area (Å²) in [4.78, 5) is 0. The lowest BCUT2D eigenvalue weighted by Gasteiger charge is -2.05. The molecule has 0 atom stereocenters. The fraction of sp³-hybridized carbons (Fsp3) is 0.273. The van der Waals surface area contributed by atoms with Crippen LogP contribution in [0, 0.1) is 18.2 Å². The number of benzene rings is 1. The summed E-state index contributed by atoms with van der Waals surface area (Å²) < 4.78 is 12.9. The van der Waals surface area contributed by atoms with Crippen molar-refractivity contribution in [3.05, 3.63) is 35.1 Å². The molecule has 0 aliphatic rings. The van der Waals surface area contributed by atoms with Crippen molar-refractivity contribution < 1.29 is 4.39 Å². The molecule has 0 unspecified atom stereocenters. The molecule has 0 aromatic heterocycles. The van der Waals surface area contributed by atoms with E-state index in [0.29, 0.717) is 11.5 Å². The van der Waals surface area contributed by atoms with Crippen LogP contribution in [0.2, 0.25) is 0 Å². The van der Waals surface area contributed by atoms with Crippen molar-refractivity contribution in [3.8, 4) is 12.3 Å². The number of hydrogen-bond donors (Lipinski definition) is 0. The van der Waals surface area contributed by atoms with Gasteiger partial charge in [0, 0.05) is 0 Å². The smallest absolute Gasteiger partial charge is 0.138 e. The zero-order valence-corrected chi connectivity index (χ0v) is 7.26. The number of hydrogen-bond acceptors (Lipinski definition) is 0. The Labute approximate surface area is 72.4 Å². The Morgan fingerprint density at radius 2 is 2.08 bits per heavy atom. The van der Waals surface area contributed by atoms with Crippen LogP contribution in [0.15, 0.2) is 18.2 Å². The molecule has 12 heavy (non-hydrogen) atoms. The van der Waals surface area contributed by atoms with Crippen LogP contribution in [0.3, 0.4) is 0 Å². The fourth-order valence-electron chi connectivity index (χ4n) is 1.01. The largest absolute Gasteiger partial charge is 0.206 e. The molecule has 1 rings (SSSR count). The Morgan fingerprint density at radius 3 is 2.58 bits per heavy atom. The molecule has 0 heterocycles. The summed E-state index contributed by atoms with van der Waals surface area (Å²) in [5.41, 5.74) is 1.42. The first kappa shape index (κ1) is 8.80. The van der Waals surface area contributed by atoms with E-state index in [1.54, 1.807) is 12.1 Å². The average Bonchev–Trinajstić information content (AvgIpc) is 2.05. The summed E-state index contributed by atoms with van der Waals surface area (Å²) in [5, 5.41) is 0. The van der Waals surface area contributed by atoms with Crippen molar-refractivity contribution >= 4 is 0 Å². The fourth-order valence-corrected chi connectivity index (χ4v) is 1.01. The van der Waals surface area contributed by atoms with Gasteiger partial charge < -0.3 is 0 Å². The molecule has 0 saturated heterocycles. The van der Waals surface area contributed by atoms with E-state index < -0.39 is 0 Å². The van der Waals surface area contributed by atoms with E-state index in [9.17, 15) is 4.39 Å². The predicted octanol–water partition coefficient (Wildman–Crippen LogP) is 2.93. The van der Waals surface area contributed by atoms with E-state index in [4.69, 9.17) is 6.42 Å². The zero-order valence-electron chi connectivity index (χ0n) is 7.26. The van der Waals surface area contributed by atoms with Gasteiger partial charge in [0.2, 0.25) is 0 Å². The van der Waals surface area contributed by atoms with Crippen LogP contribution in [-0.4, -0.2) is 0 Å². The Morgan fingerprint density at radius 1 is 1.42 bits per heavy atom. The lowest BCUT2D eigenvalue weighted by atomic mass is 10.0. The molecule has 0 radical (unpaired) electrons. The van der Waals surface area contributed by atoms with Crippen LogP contribution in [0.4, 0.5) is 4.39 Å². The maximum Gasteiger partial charge on any atom is 0.138 e. The quantitative estimate of drug-likeness (QED) is 0.557. The highest BCUT2D eigenvalue weighted by Gasteiger charge is 2.03. The lowest BCUT2D eigenvalue weighted by Crippen LogP contribution is -1.90. The minimum absolute atomic E-state index is 0.318. The van der Waals surface area contributed by atoms with Gasteiger partial charge in [-0.05, 0) is 23.6 Å². The van der Waals surface area contributed by atoms with Crippen molar-refractivity contribution in [1.29, 1.82) is 0 Å². The Balaban J connectivity index is 3.16. The van der Waals surface area contributed by atoms with Gasteiger partial charge in [-0.25, -0.2) is 4.39 Å². The lowest BCUT2D eigenvalue weighted by molar-refractivity contribution is 0.622. The van der Waals surface area contributed by atoms with E-state index in [-0.39, 0.29) is 5.82 Å². The topological polar surface area (TPSA) is 0 Å². The zero-order chi connectivity index (χ0) is 9.14. The molecule has 0 saturated carbocycles. The molecule has 0 amide bonds. The third-order valence-corrected chi connectivity index (χ3v) is 1.81. The average molecular weight is 162 g/mol. The van der Waals surface area contributed by atoms with Crippen LogP contribution in [0.25, 0.3) is 0 Å². The minimum atomic E-state index is -0.318. The molecule has 1 aromatic rings. The van der Waals surface area contributed by atoms with E-state index in [0.717, 1.165) is 5.56 Å². The SMILES string of the molecule is C#Cc1cc(C(C)C)ccc1F. The molecular formula is C11H11F. The second-order valence-corrected chi connectivity index (χ2v) is 3.04. The highest BCUT2D eigenvalue weighted by Crippen LogP contribution is 2.17. The predicted molar refractivity (Wildman–Crippen MR) is 48.4 cm³/mol. The molecule has 0 N–H and O–H groups in total. The molecule has 0 aliphatic heterocycles. The first-order chi connectivity index (χ1) is 5.65. The van der Waals surface area contributed by atoms with E-state index >= 15 is 0 Å². The molecule has 62 valence electrons. The van der Waals surface area contributed by atoms with Crippen molar-refractivity contribution in [3.63, 3.8) is 0 Å². The van der Waals surface area contributed by atoms with Crippen LogP contribution in [0.5, 0.6) is 0 Å². The highest BCUT2D eigenvalue weighted by atomic mass is 19.1. The third-order valence-electron chi connectivity index (χ3n) is 1.81. The number of terminal acetylenes is 1. The molecule has 1 aromatic carbocycles. The standard InChI is InChI=1S/C11H11F/c1-4-9-7-10(8(2)3)5-6-11(9)12/h1,5-8H,2-3H3. The molecule has 0 nitrogen and oxygen atoms in total. The first-order valence-electron chi connectivity index (χ1n) is 3.91. The van der Waals surface area contributed by atoms with Crippen LogP contribution in [0.1, 0.15) is 30.9 Å². The molecule has 1 heteroatoms. The van der Waals surface area contributed by atoms with E-state index in [1.807, 2.05) is 13.8 Å². The molecule has 0 spiro atoms. The maximum atomic E-state index is 12.9. The van der Waals surface area contributed by atoms with Gasteiger partial charge in [-0.1, -0.05) is 25.8 Å². The Kier molecular flexibility index (Phi) is 2.50. The van der Waals surface area contributed by atoms with Gasteiger partial charge in [0.05, 0.1) is 5.56 Å². The van der Waals surface area contributed by atoms with Crippen LogP contribution < -0.4 is 0 Å². The van der Waals surface area contributed by atoms with E-state index in [2.05, 4.69) is 5.92 Å². The summed E-state index contributed by atoms with van der Waals surface area (Å²) in [5.74, 6) is 2.38. The van der Waals surface area contributed by atoms with Gasteiger partial charge in [-0.15, -0.1) is 6.42 Å². The van der Waals surface area contributed by atoms with Gasteiger partial charge in [0.25, 0.3) is 0 Å². The second-order valence-electron chi connectivity index (χ2n) is 3.04. The van der Waals surface area contributed by atoms with Gasteiger partial charge in [-0.2, -0.15) is 0 Å². The van der Waals surface area contributed by atoms with Crippen LogP contribution >= 0.6 is 0 Å². The number of rotatable bonds is 1. The highest BCUT2D eigenvalue weighted by molar-refractivity contribution is 5.37. The summed E-state index contributed by atoms with van der Waals surface area (Å²) in [6.45, 7) is 4.10. The minimum Gasteiger partial charge on any atom is -0.206 e. The molecular weight excluding hydrogens is 151 g/mol. The van der Waals surface area contributed by atoms with Crippen LogP contribution in [-0.2, 0) is 0 Å². The molecule has 0 bridgehead atoms. The van der Waals surface area contributed by atoms with Crippen molar-refractivity contribution in [2.24, 2.45) is 0 Å². The van der Waals surface area contributed by atoms with Gasteiger partial charge in [0.15, 0.2) is 0 Å². The molecule has 0 fully saturated rings. The first-order valence-corrected chi connectivity index (χ1v) is 3.91. The van der Waals surface area contributed by atoms with Crippen molar-refractivity contribution in [2.45, 2.75) is 19.8 Å². The van der Waals surface area contributed by atoms with Crippen molar-refractivity contribution in [1.82, 2.24) is 0 Å². The summed E-state index contributed by atoms with van der Waals surface area (Å²) >= 11 is 0. The Bertz CT molecular complexity index is 318. The van der Waals surface area contributed by atoms with Gasteiger partial charge in [0.1, 0.15) is 5.82 Å². The van der Waals surface area contributed by atoms with Gasteiger partial charge in [-0.3, -0.25) is 0 Å². The summed E-state index contributed by atoms with van der Waals surface area (Å²) in [6, 6.07) is 4.91. The Hall–Kier alpha value is -1.29. The maximum absolute atomic E-state index is 12.9. The summed E-state index contributed by atoms with van der Waals surface area (Å²) in [6.07, 6.45) is 5.13. The monoisotopic (exact) mass is 162 g/mol.